The molecule has 2 aromatic rings. The van der Waals surface area contributed by atoms with Crippen LogP contribution in [-0.4, -0.2) is 17.2 Å². The molecule has 0 aliphatic heterocycles. The van der Waals surface area contributed by atoms with Crippen LogP contribution < -0.4 is 5.32 Å². The first-order valence-corrected chi connectivity index (χ1v) is 4.84. The van der Waals surface area contributed by atoms with E-state index in [-0.39, 0.29) is 0 Å². The Morgan fingerprint density at radius 3 is 2.60 bits per heavy atom. The van der Waals surface area contributed by atoms with Crippen molar-refractivity contribution in [1.82, 2.24) is 10.1 Å². The summed E-state index contributed by atoms with van der Waals surface area (Å²) in [6, 6.07) is 8.76. The Balaban J connectivity index is 2.11. The van der Waals surface area contributed by atoms with Crippen molar-refractivity contribution in [2.24, 2.45) is 0 Å². The first-order chi connectivity index (χ1) is 7.28. The number of rotatable bonds is 3. The molecule has 4 nitrogen and oxygen atoms in total. The molecule has 0 radical (unpaired) electrons. The van der Waals surface area contributed by atoms with Crippen molar-refractivity contribution in [3.05, 3.63) is 41.2 Å². The highest BCUT2D eigenvalue weighted by Crippen LogP contribution is 2.09. The fraction of sp³-hybridized carbons (Fsp3) is 0.273. The number of benzene rings is 1. The molecule has 0 atom stereocenters. The standard InChI is InChI=1S/C11H13N3O/c1-8-3-5-9(6-4-8)7-10-13-11(12-2)15-14-10/h3-6H,7H2,1-2H3,(H,12,13,14). The third kappa shape index (κ3) is 2.34. The molecule has 1 heterocycles. The molecule has 0 aliphatic rings. The van der Waals surface area contributed by atoms with Crippen LogP contribution in [-0.2, 0) is 6.42 Å². The van der Waals surface area contributed by atoms with Crippen molar-refractivity contribution >= 4 is 6.01 Å². The zero-order valence-electron chi connectivity index (χ0n) is 8.82. The SMILES string of the molecule is CNc1nc(Cc2ccc(C)cc2)no1. The quantitative estimate of drug-likeness (QED) is 0.829. The molecule has 1 aromatic carbocycles. The average molecular weight is 203 g/mol. The number of aromatic nitrogens is 2. The van der Waals surface area contributed by atoms with Crippen LogP contribution in [0.5, 0.6) is 0 Å². The molecule has 0 amide bonds. The van der Waals surface area contributed by atoms with Gasteiger partial charge < -0.3 is 9.84 Å². The van der Waals surface area contributed by atoms with E-state index in [0.29, 0.717) is 18.3 Å². The number of anilines is 1. The van der Waals surface area contributed by atoms with E-state index in [1.54, 1.807) is 7.05 Å². The number of hydrogen-bond acceptors (Lipinski definition) is 4. The Morgan fingerprint density at radius 1 is 1.27 bits per heavy atom. The minimum Gasteiger partial charge on any atom is -0.341 e. The van der Waals surface area contributed by atoms with Gasteiger partial charge in [-0.15, -0.1) is 0 Å². The summed E-state index contributed by atoms with van der Waals surface area (Å²) in [4.78, 5) is 4.16. The highest BCUT2D eigenvalue weighted by molar-refractivity contribution is 5.25. The molecule has 0 saturated carbocycles. The largest absolute Gasteiger partial charge is 0.341 e. The van der Waals surface area contributed by atoms with Gasteiger partial charge in [0, 0.05) is 13.5 Å². The predicted octanol–water partition coefficient (Wildman–Crippen LogP) is 2.01. The average Bonchev–Trinajstić information content (AvgIpc) is 2.69. The van der Waals surface area contributed by atoms with Gasteiger partial charge in [0.2, 0.25) is 0 Å². The van der Waals surface area contributed by atoms with E-state index >= 15 is 0 Å². The maximum absolute atomic E-state index is 4.94. The molecule has 1 N–H and O–H groups in total. The van der Waals surface area contributed by atoms with Gasteiger partial charge >= 0.3 is 6.01 Å². The molecular weight excluding hydrogens is 190 g/mol. The zero-order valence-corrected chi connectivity index (χ0v) is 8.82. The molecule has 4 heteroatoms. The van der Waals surface area contributed by atoms with Crippen LogP contribution in [0.4, 0.5) is 6.01 Å². The molecule has 0 bridgehead atoms. The van der Waals surface area contributed by atoms with Gasteiger partial charge in [-0.1, -0.05) is 35.0 Å². The fourth-order valence-corrected chi connectivity index (χ4v) is 1.32. The minimum absolute atomic E-state index is 0.456. The van der Waals surface area contributed by atoms with Crippen LogP contribution in [0.25, 0.3) is 0 Å². The van der Waals surface area contributed by atoms with Crippen LogP contribution in [0.2, 0.25) is 0 Å². The van der Waals surface area contributed by atoms with Gasteiger partial charge in [0.1, 0.15) is 0 Å². The summed E-state index contributed by atoms with van der Waals surface area (Å²) in [5.41, 5.74) is 2.44. The van der Waals surface area contributed by atoms with Crippen molar-refractivity contribution < 1.29 is 4.52 Å². The third-order valence-electron chi connectivity index (χ3n) is 2.16. The van der Waals surface area contributed by atoms with Crippen molar-refractivity contribution in [1.29, 1.82) is 0 Å². The molecule has 0 fully saturated rings. The summed E-state index contributed by atoms with van der Waals surface area (Å²) < 4.78 is 4.94. The van der Waals surface area contributed by atoms with Gasteiger partial charge in [-0.25, -0.2) is 0 Å². The van der Waals surface area contributed by atoms with Crippen molar-refractivity contribution in [3.8, 4) is 0 Å². The lowest BCUT2D eigenvalue weighted by molar-refractivity contribution is 0.425. The second-order valence-corrected chi connectivity index (χ2v) is 3.43. The van der Waals surface area contributed by atoms with Gasteiger partial charge in [0.25, 0.3) is 0 Å². The summed E-state index contributed by atoms with van der Waals surface area (Å²) in [5, 5.41) is 6.66. The monoisotopic (exact) mass is 203 g/mol. The van der Waals surface area contributed by atoms with E-state index in [9.17, 15) is 0 Å². The topological polar surface area (TPSA) is 51.0 Å². The lowest BCUT2D eigenvalue weighted by Crippen LogP contribution is -1.92. The normalized spacial score (nSPS) is 10.3. The van der Waals surface area contributed by atoms with Crippen LogP contribution >= 0.6 is 0 Å². The van der Waals surface area contributed by atoms with Crippen LogP contribution in [0.15, 0.2) is 28.8 Å². The predicted molar refractivity (Wildman–Crippen MR) is 57.8 cm³/mol. The molecule has 0 saturated heterocycles. The number of nitrogens with one attached hydrogen (secondary N) is 1. The van der Waals surface area contributed by atoms with Gasteiger partial charge in [-0.2, -0.15) is 4.98 Å². The Bertz CT molecular complexity index is 433. The van der Waals surface area contributed by atoms with Gasteiger partial charge in [-0.3, -0.25) is 0 Å². The number of aryl methyl sites for hydroxylation is 1. The lowest BCUT2D eigenvalue weighted by atomic mass is 10.1. The highest BCUT2D eigenvalue weighted by atomic mass is 16.5. The second-order valence-electron chi connectivity index (χ2n) is 3.43. The maximum atomic E-state index is 4.94. The minimum atomic E-state index is 0.456. The summed E-state index contributed by atoms with van der Waals surface area (Å²) in [6.07, 6.45) is 0.700. The second kappa shape index (κ2) is 4.13. The van der Waals surface area contributed by atoms with Crippen LogP contribution in [0, 0.1) is 6.92 Å². The fourth-order valence-electron chi connectivity index (χ4n) is 1.32. The van der Waals surface area contributed by atoms with E-state index in [4.69, 9.17) is 4.52 Å². The molecule has 1 aromatic heterocycles. The van der Waals surface area contributed by atoms with Crippen molar-refractivity contribution in [2.75, 3.05) is 12.4 Å². The van der Waals surface area contributed by atoms with Gasteiger partial charge in [0.05, 0.1) is 0 Å². The molecule has 2 rings (SSSR count). The zero-order chi connectivity index (χ0) is 10.7. The summed E-state index contributed by atoms with van der Waals surface area (Å²) in [7, 11) is 1.75. The summed E-state index contributed by atoms with van der Waals surface area (Å²) in [6.45, 7) is 2.07. The molecule has 78 valence electrons. The van der Waals surface area contributed by atoms with Gasteiger partial charge in [-0.05, 0) is 12.5 Å². The van der Waals surface area contributed by atoms with E-state index in [2.05, 4.69) is 46.6 Å². The Kier molecular flexibility index (Phi) is 2.67. The Labute approximate surface area is 88.3 Å². The van der Waals surface area contributed by atoms with Crippen molar-refractivity contribution in [2.45, 2.75) is 13.3 Å². The third-order valence-corrected chi connectivity index (χ3v) is 2.16. The summed E-state index contributed by atoms with van der Waals surface area (Å²) >= 11 is 0. The van der Waals surface area contributed by atoms with E-state index in [0.717, 1.165) is 0 Å². The lowest BCUT2D eigenvalue weighted by Gasteiger charge is -1.96. The Morgan fingerprint density at radius 2 is 2.00 bits per heavy atom. The molecule has 0 unspecified atom stereocenters. The first kappa shape index (κ1) is 9.71. The summed E-state index contributed by atoms with van der Waals surface area (Å²) in [5.74, 6) is 0.697. The van der Waals surface area contributed by atoms with Crippen LogP contribution in [0.3, 0.4) is 0 Å². The smallest absolute Gasteiger partial charge is 0.321 e. The van der Waals surface area contributed by atoms with E-state index < -0.39 is 0 Å². The van der Waals surface area contributed by atoms with Crippen molar-refractivity contribution in [3.63, 3.8) is 0 Å². The number of nitrogens with zero attached hydrogens (tertiary/aromatic N) is 2. The maximum Gasteiger partial charge on any atom is 0.321 e. The molecule has 0 spiro atoms. The Hall–Kier alpha value is -1.84. The molecule has 15 heavy (non-hydrogen) atoms. The van der Waals surface area contributed by atoms with E-state index in [1.165, 1.54) is 11.1 Å². The molecular formula is C11H13N3O. The highest BCUT2D eigenvalue weighted by Gasteiger charge is 2.04. The van der Waals surface area contributed by atoms with E-state index in [1.807, 2.05) is 0 Å². The molecule has 0 aliphatic carbocycles. The number of hydrogen-bond donors (Lipinski definition) is 1. The van der Waals surface area contributed by atoms with Gasteiger partial charge in [0.15, 0.2) is 5.82 Å². The first-order valence-electron chi connectivity index (χ1n) is 4.84. The van der Waals surface area contributed by atoms with Crippen LogP contribution in [0.1, 0.15) is 17.0 Å².